The van der Waals surface area contributed by atoms with E-state index in [2.05, 4.69) is 0 Å². The van der Waals surface area contributed by atoms with Crippen molar-refractivity contribution >= 4 is 52.8 Å². The van der Waals surface area contributed by atoms with Crippen LogP contribution in [-0.4, -0.2) is 34.7 Å². The molecule has 0 heterocycles. The second-order valence-electron chi connectivity index (χ2n) is 1.60. The molecule has 0 aliphatic rings. The summed E-state index contributed by atoms with van der Waals surface area (Å²) in [4.78, 5) is 0. The van der Waals surface area contributed by atoms with Gasteiger partial charge >= 0.3 is 0 Å². The second kappa shape index (κ2) is 4.47. The molecule has 0 atom stereocenters. The summed E-state index contributed by atoms with van der Waals surface area (Å²) < 4.78 is 0. The smallest absolute Gasteiger partial charge is 0.117 e. The van der Waals surface area contributed by atoms with Crippen LogP contribution in [0.3, 0.4) is 0 Å². The number of benzene rings is 1. The summed E-state index contributed by atoms with van der Waals surface area (Å²) in [5.41, 5.74) is 0. The van der Waals surface area contributed by atoms with Crippen molar-refractivity contribution < 1.29 is 5.11 Å². The molecule has 0 aliphatic heterocycles. The first-order chi connectivity index (χ1) is 4.20. The van der Waals surface area contributed by atoms with Crippen molar-refractivity contribution in [2.75, 3.05) is 0 Å². The predicted molar refractivity (Wildman–Crippen MR) is 43.9 cm³/mol. The topological polar surface area (TPSA) is 20.2 Å². The Balaban J connectivity index is 0.000000810. The maximum absolute atomic E-state index is 8.79. The molecule has 0 amide bonds. The molecule has 1 N–H and O–H groups in total. The number of hydrogen-bond acceptors (Lipinski definition) is 1. The van der Waals surface area contributed by atoms with Crippen LogP contribution in [0, 0.1) is 0 Å². The first kappa shape index (κ1) is 10.6. The summed E-state index contributed by atoms with van der Waals surface area (Å²) in [7, 11) is 0. The number of rotatable bonds is 0. The number of phenols is 1. The number of phenolic OH excluding ortho intramolecular Hbond substituents is 1. The summed E-state index contributed by atoms with van der Waals surface area (Å²) in [5.74, 6) is 0.129. The molecule has 0 bridgehead atoms. The van der Waals surface area contributed by atoms with Gasteiger partial charge in [-0.05, 0) is 18.2 Å². The molecule has 0 aromatic heterocycles. The van der Waals surface area contributed by atoms with Crippen molar-refractivity contribution in [1.29, 1.82) is 0 Å². The van der Waals surface area contributed by atoms with E-state index in [1.165, 1.54) is 12.1 Å². The number of aromatic hydroxyl groups is 1. The molecule has 0 fully saturated rings. The monoisotopic (exact) mass is 185 g/mol. The fourth-order valence-electron chi connectivity index (χ4n) is 0.485. The molecule has 0 unspecified atom stereocenters. The van der Waals surface area contributed by atoms with Gasteiger partial charge in [0.25, 0.3) is 0 Å². The van der Waals surface area contributed by atoms with Crippen LogP contribution < -0.4 is 0 Å². The molecule has 1 aromatic rings. The van der Waals surface area contributed by atoms with E-state index in [0.717, 1.165) is 0 Å². The molecule has 1 rings (SSSR count). The fraction of sp³-hybridized carbons (Fsp3) is 0. The molecule has 0 saturated carbocycles. The zero-order valence-corrected chi connectivity index (χ0v) is 8.95. The molecular formula is C6H4Cl2NaO. The summed E-state index contributed by atoms with van der Waals surface area (Å²) in [6, 6.07) is 4.41. The van der Waals surface area contributed by atoms with Crippen LogP contribution in [-0.2, 0) is 0 Å². The van der Waals surface area contributed by atoms with Crippen LogP contribution >= 0.6 is 23.2 Å². The van der Waals surface area contributed by atoms with Crippen LogP contribution in [0.25, 0.3) is 0 Å². The van der Waals surface area contributed by atoms with Gasteiger partial charge in [-0.2, -0.15) is 0 Å². The van der Waals surface area contributed by atoms with Crippen molar-refractivity contribution in [2.45, 2.75) is 0 Å². The van der Waals surface area contributed by atoms with E-state index >= 15 is 0 Å². The maximum Gasteiger partial charge on any atom is 0.117 e. The second-order valence-corrected chi connectivity index (χ2v) is 2.41. The molecule has 0 aliphatic carbocycles. The van der Waals surface area contributed by atoms with Crippen LogP contribution in [0.5, 0.6) is 5.75 Å². The Morgan fingerprint density at radius 2 is 1.70 bits per heavy atom. The zero-order chi connectivity index (χ0) is 6.85. The summed E-state index contributed by atoms with van der Waals surface area (Å²) in [6.45, 7) is 0. The van der Waals surface area contributed by atoms with Crippen molar-refractivity contribution in [3.8, 4) is 5.75 Å². The Bertz CT molecular complexity index is 227. The molecule has 1 radical (unpaired) electrons. The average Bonchev–Trinajstić information content (AvgIpc) is 1.80. The minimum atomic E-state index is 0. The van der Waals surface area contributed by atoms with Gasteiger partial charge in [-0.1, -0.05) is 23.2 Å². The summed E-state index contributed by atoms with van der Waals surface area (Å²) in [6.07, 6.45) is 0. The first-order valence-electron chi connectivity index (χ1n) is 2.34. The quantitative estimate of drug-likeness (QED) is 0.616. The van der Waals surface area contributed by atoms with Crippen LogP contribution in [0.15, 0.2) is 18.2 Å². The van der Waals surface area contributed by atoms with E-state index in [4.69, 9.17) is 28.3 Å². The molecule has 0 saturated heterocycles. The standard InChI is InChI=1S/C6H4Cl2O.Na/c7-5-2-1-4(9)3-6(5)8;/h1-3,9H;. The van der Waals surface area contributed by atoms with Gasteiger partial charge in [0.15, 0.2) is 0 Å². The third kappa shape index (κ3) is 2.69. The largest absolute Gasteiger partial charge is 0.508 e. The SMILES string of the molecule is Oc1ccc(Cl)c(Cl)c1.[Na]. The third-order valence-electron chi connectivity index (χ3n) is 0.903. The van der Waals surface area contributed by atoms with Crippen LogP contribution in [0.2, 0.25) is 10.0 Å². The molecule has 1 aromatic carbocycles. The average molecular weight is 186 g/mol. The van der Waals surface area contributed by atoms with Gasteiger partial charge in [-0.25, -0.2) is 0 Å². The van der Waals surface area contributed by atoms with Gasteiger partial charge in [0, 0.05) is 29.6 Å². The van der Waals surface area contributed by atoms with E-state index in [1.54, 1.807) is 6.07 Å². The van der Waals surface area contributed by atoms with Crippen LogP contribution in [0.1, 0.15) is 0 Å². The van der Waals surface area contributed by atoms with E-state index in [1.807, 2.05) is 0 Å². The van der Waals surface area contributed by atoms with Gasteiger partial charge in [0.2, 0.25) is 0 Å². The van der Waals surface area contributed by atoms with E-state index < -0.39 is 0 Å². The van der Waals surface area contributed by atoms with Crippen molar-refractivity contribution in [2.24, 2.45) is 0 Å². The predicted octanol–water partition coefficient (Wildman–Crippen LogP) is 2.32. The van der Waals surface area contributed by atoms with Crippen molar-refractivity contribution in [3.63, 3.8) is 0 Å². The fourth-order valence-corrected chi connectivity index (χ4v) is 0.777. The van der Waals surface area contributed by atoms with Gasteiger partial charge < -0.3 is 5.11 Å². The van der Waals surface area contributed by atoms with Crippen molar-refractivity contribution in [3.05, 3.63) is 28.2 Å². The van der Waals surface area contributed by atoms with Gasteiger partial charge in [-0.3, -0.25) is 0 Å². The minimum Gasteiger partial charge on any atom is -0.508 e. The number of hydrogen-bond donors (Lipinski definition) is 1. The molecule has 49 valence electrons. The Morgan fingerprint density at radius 1 is 1.10 bits per heavy atom. The molecular weight excluding hydrogens is 182 g/mol. The van der Waals surface area contributed by atoms with E-state index in [-0.39, 0.29) is 35.3 Å². The summed E-state index contributed by atoms with van der Waals surface area (Å²) >= 11 is 11.1. The first-order valence-corrected chi connectivity index (χ1v) is 3.10. The maximum atomic E-state index is 8.79. The van der Waals surface area contributed by atoms with E-state index in [9.17, 15) is 0 Å². The Labute approximate surface area is 91.2 Å². The Morgan fingerprint density at radius 3 is 2.10 bits per heavy atom. The molecule has 10 heavy (non-hydrogen) atoms. The van der Waals surface area contributed by atoms with Gasteiger partial charge in [0.1, 0.15) is 5.75 Å². The number of halogens is 2. The minimum absolute atomic E-state index is 0. The van der Waals surface area contributed by atoms with E-state index in [0.29, 0.717) is 10.0 Å². The van der Waals surface area contributed by atoms with Crippen LogP contribution in [0.4, 0.5) is 0 Å². The third-order valence-corrected chi connectivity index (χ3v) is 1.64. The van der Waals surface area contributed by atoms with Gasteiger partial charge in [0.05, 0.1) is 10.0 Å². The summed E-state index contributed by atoms with van der Waals surface area (Å²) in [5, 5.41) is 9.62. The molecule has 1 nitrogen and oxygen atoms in total. The normalized spacial score (nSPS) is 8.60. The zero-order valence-electron chi connectivity index (χ0n) is 5.44. The molecule has 4 heteroatoms. The van der Waals surface area contributed by atoms with Crippen molar-refractivity contribution in [1.82, 2.24) is 0 Å². The Hall–Kier alpha value is 0.600. The Kier molecular flexibility index (Phi) is 4.74. The molecule has 0 spiro atoms. The van der Waals surface area contributed by atoms with Gasteiger partial charge in [-0.15, -0.1) is 0 Å².